The van der Waals surface area contributed by atoms with E-state index >= 15 is 0 Å². The maximum absolute atomic E-state index is 11.8. The number of benzene rings is 3. The molecule has 1 aliphatic rings. The average Bonchev–Trinajstić information content (AvgIpc) is 3.07. The van der Waals surface area contributed by atoms with Crippen LogP contribution in [0.5, 0.6) is 17.2 Å². The van der Waals surface area contributed by atoms with Crippen LogP contribution in [0.3, 0.4) is 0 Å². The minimum absolute atomic E-state index is 0.121. The van der Waals surface area contributed by atoms with E-state index in [2.05, 4.69) is 55.8 Å². The molecule has 0 aliphatic carbocycles. The van der Waals surface area contributed by atoms with Crippen molar-refractivity contribution in [2.75, 3.05) is 13.2 Å². The van der Waals surface area contributed by atoms with Crippen molar-refractivity contribution < 1.29 is 24.1 Å². The molecule has 0 spiro atoms. The van der Waals surface area contributed by atoms with E-state index < -0.39 is 0 Å². The summed E-state index contributed by atoms with van der Waals surface area (Å²) in [6.07, 6.45) is 6.13. The van der Waals surface area contributed by atoms with Crippen LogP contribution in [0.15, 0.2) is 67.0 Å². The molecule has 250 valence electrons. The molecule has 0 radical (unpaired) electrons. The van der Waals surface area contributed by atoms with Gasteiger partial charge in [0.15, 0.2) is 6.29 Å². The van der Waals surface area contributed by atoms with Gasteiger partial charge in [-0.05, 0) is 93.0 Å². The van der Waals surface area contributed by atoms with Crippen LogP contribution < -0.4 is 14.2 Å². The number of hydrogen-bond donors (Lipinski definition) is 1. The van der Waals surface area contributed by atoms with Crippen LogP contribution in [0.25, 0.3) is 11.1 Å². The molecule has 9 heteroatoms. The standard InChI is InChI=1S/C39H42ClN3O5/c1-25-14-33(45)15-26(2)43(25)12-7-13-46-37-11-6-10-35(28(37)4)34-9-5-8-31(27(34)3)24-48-39-18-38(32(22-44)17-36(39)40)47-23-30-16-29(19-41)20-42-21-30/h5-6,8-11,16-18,20-22,25-26,33,45H,7,12-15,23-24H2,1-4H3/t25-,26+,33?. The number of nitriles is 1. The highest BCUT2D eigenvalue weighted by molar-refractivity contribution is 6.32. The van der Waals surface area contributed by atoms with Crippen LogP contribution in [0.1, 0.15) is 71.3 Å². The summed E-state index contributed by atoms with van der Waals surface area (Å²) >= 11 is 6.51. The lowest BCUT2D eigenvalue weighted by atomic mass is 9.93. The van der Waals surface area contributed by atoms with Gasteiger partial charge in [0.25, 0.3) is 0 Å². The summed E-state index contributed by atoms with van der Waals surface area (Å²) in [6, 6.07) is 19.9. The van der Waals surface area contributed by atoms with E-state index in [1.54, 1.807) is 18.3 Å². The molecule has 0 amide bonds. The van der Waals surface area contributed by atoms with Crippen molar-refractivity contribution in [3.8, 4) is 34.4 Å². The number of likely N-dealkylation sites (tertiary alicyclic amines) is 1. The summed E-state index contributed by atoms with van der Waals surface area (Å²) in [7, 11) is 0. The molecular formula is C39H42ClN3O5. The largest absolute Gasteiger partial charge is 0.493 e. The molecule has 2 heterocycles. The molecule has 3 atom stereocenters. The normalized spacial score (nSPS) is 17.8. The third kappa shape index (κ3) is 8.35. The monoisotopic (exact) mass is 667 g/mol. The topological polar surface area (TPSA) is 105 Å². The summed E-state index contributed by atoms with van der Waals surface area (Å²) in [5.74, 6) is 1.58. The van der Waals surface area contributed by atoms with Crippen LogP contribution in [0, 0.1) is 25.2 Å². The van der Waals surface area contributed by atoms with Crippen molar-refractivity contribution in [3.05, 3.63) is 105 Å². The Morgan fingerprint density at radius 1 is 0.938 bits per heavy atom. The molecule has 0 bridgehead atoms. The molecule has 5 rings (SSSR count). The van der Waals surface area contributed by atoms with E-state index in [0.29, 0.717) is 58.2 Å². The first-order valence-electron chi connectivity index (χ1n) is 16.3. The van der Waals surface area contributed by atoms with Gasteiger partial charge in [-0.1, -0.05) is 41.9 Å². The zero-order valence-corrected chi connectivity index (χ0v) is 28.7. The Hall–Kier alpha value is -4.42. The number of aldehydes is 1. The Bertz CT molecular complexity index is 1780. The van der Waals surface area contributed by atoms with Gasteiger partial charge in [-0.25, -0.2) is 0 Å². The Labute approximate surface area is 287 Å². The highest BCUT2D eigenvalue weighted by atomic mass is 35.5. The van der Waals surface area contributed by atoms with Gasteiger partial charge in [0.2, 0.25) is 0 Å². The Morgan fingerprint density at radius 2 is 1.65 bits per heavy atom. The van der Waals surface area contributed by atoms with E-state index in [0.717, 1.165) is 59.4 Å². The predicted octanol–water partition coefficient (Wildman–Crippen LogP) is 7.86. The van der Waals surface area contributed by atoms with Crippen LogP contribution in [0.2, 0.25) is 5.02 Å². The summed E-state index contributed by atoms with van der Waals surface area (Å²) in [5, 5.41) is 19.5. The van der Waals surface area contributed by atoms with Gasteiger partial charge in [-0.3, -0.25) is 14.7 Å². The van der Waals surface area contributed by atoms with Gasteiger partial charge in [0, 0.05) is 42.7 Å². The molecule has 4 aromatic rings. The van der Waals surface area contributed by atoms with Gasteiger partial charge in [0.1, 0.15) is 36.5 Å². The Morgan fingerprint density at radius 3 is 2.38 bits per heavy atom. The van der Waals surface area contributed by atoms with Crippen molar-refractivity contribution in [1.29, 1.82) is 5.26 Å². The third-order valence-electron chi connectivity index (χ3n) is 9.09. The number of piperidine rings is 1. The number of hydrogen-bond acceptors (Lipinski definition) is 8. The molecule has 1 unspecified atom stereocenters. The molecule has 1 saturated heterocycles. The second kappa shape index (κ2) is 16.1. The fraction of sp³-hybridized carbons (Fsp3) is 0.359. The maximum Gasteiger partial charge on any atom is 0.153 e. The first-order valence-corrected chi connectivity index (χ1v) is 16.7. The van der Waals surface area contributed by atoms with Crippen LogP contribution in [0.4, 0.5) is 0 Å². The molecule has 8 nitrogen and oxygen atoms in total. The molecule has 1 aliphatic heterocycles. The molecular weight excluding hydrogens is 626 g/mol. The number of aliphatic hydroxyl groups excluding tert-OH is 1. The number of ether oxygens (including phenoxy) is 3. The van der Waals surface area contributed by atoms with Crippen LogP contribution in [-0.2, 0) is 13.2 Å². The van der Waals surface area contributed by atoms with Crippen LogP contribution >= 0.6 is 11.6 Å². The van der Waals surface area contributed by atoms with Crippen molar-refractivity contribution >= 4 is 17.9 Å². The SMILES string of the molecule is Cc1c(COc2cc(OCc3cncc(C#N)c3)c(C=O)cc2Cl)cccc1-c1cccc(OCCCN2[C@H](C)CC(O)C[C@@H]2C)c1C. The molecule has 1 aromatic heterocycles. The van der Waals surface area contributed by atoms with Crippen molar-refractivity contribution in [3.63, 3.8) is 0 Å². The van der Waals surface area contributed by atoms with Crippen LogP contribution in [-0.4, -0.2) is 52.6 Å². The second-order valence-corrected chi connectivity index (χ2v) is 12.9. The lowest BCUT2D eigenvalue weighted by Gasteiger charge is -2.41. The minimum atomic E-state index is -0.203. The summed E-state index contributed by atoms with van der Waals surface area (Å²) < 4.78 is 18.4. The fourth-order valence-corrected chi connectivity index (χ4v) is 6.70. The van der Waals surface area contributed by atoms with E-state index in [9.17, 15) is 9.90 Å². The molecule has 0 saturated carbocycles. The number of pyridine rings is 1. The van der Waals surface area contributed by atoms with E-state index in [1.807, 2.05) is 24.3 Å². The number of aliphatic hydroxyl groups is 1. The van der Waals surface area contributed by atoms with Crippen molar-refractivity contribution in [2.24, 2.45) is 0 Å². The van der Waals surface area contributed by atoms with Gasteiger partial charge in [-0.2, -0.15) is 5.26 Å². The van der Waals surface area contributed by atoms with E-state index in [-0.39, 0.29) is 19.3 Å². The zero-order chi connectivity index (χ0) is 34.2. The highest BCUT2D eigenvalue weighted by Crippen LogP contribution is 2.36. The maximum atomic E-state index is 11.8. The lowest BCUT2D eigenvalue weighted by Crippen LogP contribution is -2.48. The van der Waals surface area contributed by atoms with E-state index in [1.165, 1.54) is 12.3 Å². The van der Waals surface area contributed by atoms with Gasteiger partial charge in [0.05, 0.1) is 28.9 Å². The average molecular weight is 668 g/mol. The second-order valence-electron chi connectivity index (χ2n) is 12.5. The van der Waals surface area contributed by atoms with Gasteiger partial charge in [-0.15, -0.1) is 0 Å². The highest BCUT2D eigenvalue weighted by Gasteiger charge is 2.29. The quantitative estimate of drug-likeness (QED) is 0.113. The van der Waals surface area contributed by atoms with Gasteiger partial charge >= 0.3 is 0 Å². The minimum Gasteiger partial charge on any atom is -0.493 e. The van der Waals surface area contributed by atoms with Gasteiger partial charge < -0.3 is 19.3 Å². The summed E-state index contributed by atoms with van der Waals surface area (Å²) in [6.45, 7) is 10.5. The first kappa shape index (κ1) is 34.9. The molecule has 1 N–H and O–H groups in total. The molecule has 1 fully saturated rings. The van der Waals surface area contributed by atoms with Crippen molar-refractivity contribution in [2.45, 2.75) is 78.4 Å². The smallest absolute Gasteiger partial charge is 0.153 e. The zero-order valence-electron chi connectivity index (χ0n) is 27.9. The lowest BCUT2D eigenvalue weighted by molar-refractivity contribution is 0.0113. The van der Waals surface area contributed by atoms with E-state index in [4.69, 9.17) is 31.1 Å². The number of carbonyl (C=O) groups excluding carboxylic acids is 1. The third-order valence-corrected chi connectivity index (χ3v) is 9.39. The predicted molar refractivity (Wildman–Crippen MR) is 187 cm³/mol. The Balaban J connectivity index is 1.25. The number of aromatic nitrogens is 1. The Kier molecular flexibility index (Phi) is 11.7. The number of halogens is 1. The molecule has 48 heavy (non-hydrogen) atoms. The number of nitrogens with zero attached hydrogens (tertiary/aromatic N) is 3. The summed E-state index contributed by atoms with van der Waals surface area (Å²) in [5.41, 5.74) is 6.75. The number of rotatable bonds is 13. The fourth-order valence-electron chi connectivity index (χ4n) is 6.48. The summed E-state index contributed by atoms with van der Waals surface area (Å²) in [4.78, 5) is 18.3. The van der Waals surface area contributed by atoms with Crippen molar-refractivity contribution in [1.82, 2.24) is 9.88 Å². The first-order chi connectivity index (χ1) is 23.2. The number of carbonyl (C=O) groups is 1. The molecule has 3 aromatic carbocycles.